The highest BCUT2D eigenvalue weighted by molar-refractivity contribution is 6.00. The number of hydrazone groups is 1. The minimum atomic E-state index is -0.302. The van der Waals surface area contributed by atoms with Gasteiger partial charge in [-0.25, -0.2) is 9.40 Å². The van der Waals surface area contributed by atoms with Crippen molar-refractivity contribution in [3.8, 4) is 0 Å². The SMILES string of the molecule is O=C1CCC(c2nc(C3CCCCC3)no2)=NN1Cc1ccc(F)cc1. The molecule has 0 saturated heterocycles. The molecule has 1 aromatic carbocycles. The summed E-state index contributed by atoms with van der Waals surface area (Å²) in [6.45, 7) is 0.298. The summed E-state index contributed by atoms with van der Waals surface area (Å²) in [7, 11) is 0. The molecule has 0 N–H and O–H groups in total. The van der Waals surface area contributed by atoms with Gasteiger partial charge in [-0.15, -0.1) is 0 Å². The maximum Gasteiger partial charge on any atom is 0.274 e. The topological polar surface area (TPSA) is 71.6 Å². The van der Waals surface area contributed by atoms with Crippen molar-refractivity contribution in [1.29, 1.82) is 0 Å². The number of hydrogen-bond acceptors (Lipinski definition) is 5. The Bertz CT molecular complexity index is 809. The minimum Gasteiger partial charge on any atom is -0.333 e. The number of nitrogens with zero attached hydrogens (tertiary/aromatic N) is 4. The van der Waals surface area contributed by atoms with E-state index in [9.17, 15) is 9.18 Å². The molecule has 1 aliphatic carbocycles. The molecule has 2 aliphatic rings. The number of benzene rings is 1. The third-order valence-corrected chi connectivity index (χ3v) is 5.01. The van der Waals surface area contributed by atoms with E-state index in [0.29, 0.717) is 36.9 Å². The van der Waals surface area contributed by atoms with E-state index in [-0.39, 0.29) is 11.7 Å². The van der Waals surface area contributed by atoms with Crippen LogP contribution in [0.4, 0.5) is 4.39 Å². The Kier molecular flexibility index (Phi) is 4.77. The zero-order valence-electron chi connectivity index (χ0n) is 14.5. The molecule has 4 rings (SSSR count). The Balaban J connectivity index is 1.51. The van der Waals surface area contributed by atoms with Crippen molar-refractivity contribution in [3.05, 3.63) is 47.4 Å². The van der Waals surface area contributed by atoms with Crippen molar-refractivity contribution in [2.75, 3.05) is 0 Å². The number of aromatic nitrogens is 2. The second-order valence-corrected chi connectivity index (χ2v) is 6.92. The molecule has 1 aliphatic heterocycles. The Morgan fingerprint density at radius 1 is 1.12 bits per heavy atom. The van der Waals surface area contributed by atoms with Crippen LogP contribution in [0.3, 0.4) is 0 Å². The first-order chi connectivity index (χ1) is 12.7. The summed E-state index contributed by atoms with van der Waals surface area (Å²) < 4.78 is 18.5. The Hall–Kier alpha value is -2.57. The molecule has 1 fully saturated rings. The molecular weight excluding hydrogens is 335 g/mol. The molecule has 7 heteroatoms. The first-order valence-electron chi connectivity index (χ1n) is 9.15. The second kappa shape index (κ2) is 7.35. The lowest BCUT2D eigenvalue weighted by atomic mass is 9.89. The Morgan fingerprint density at radius 3 is 2.65 bits per heavy atom. The molecule has 1 saturated carbocycles. The lowest BCUT2D eigenvalue weighted by Gasteiger charge is -2.22. The number of rotatable bonds is 4. The van der Waals surface area contributed by atoms with E-state index in [1.165, 1.54) is 36.4 Å². The second-order valence-electron chi connectivity index (χ2n) is 6.92. The monoisotopic (exact) mass is 356 g/mol. The number of carbonyl (C=O) groups excluding carboxylic acids is 1. The van der Waals surface area contributed by atoms with Crippen molar-refractivity contribution in [2.45, 2.75) is 57.4 Å². The summed E-state index contributed by atoms with van der Waals surface area (Å²) in [5.41, 5.74) is 1.46. The highest BCUT2D eigenvalue weighted by Gasteiger charge is 2.27. The van der Waals surface area contributed by atoms with Crippen molar-refractivity contribution in [3.63, 3.8) is 0 Å². The molecule has 0 atom stereocenters. The first-order valence-corrected chi connectivity index (χ1v) is 9.15. The summed E-state index contributed by atoms with van der Waals surface area (Å²) in [4.78, 5) is 16.7. The van der Waals surface area contributed by atoms with E-state index in [2.05, 4.69) is 15.2 Å². The third kappa shape index (κ3) is 3.66. The van der Waals surface area contributed by atoms with Crippen LogP contribution in [0.1, 0.15) is 68.1 Å². The van der Waals surface area contributed by atoms with Gasteiger partial charge >= 0.3 is 0 Å². The van der Waals surface area contributed by atoms with E-state index in [1.54, 1.807) is 12.1 Å². The molecule has 2 heterocycles. The molecule has 1 amide bonds. The molecule has 26 heavy (non-hydrogen) atoms. The first kappa shape index (κ1) is 16.9. The molecule has 136 valence electrons. The van der Waals surface area contributed by atoms with Crippen molar-refractivity contribution < 1.29 is 13.7 Å². The summed E-state index contributed by atoms with van der Waals surface area (Å²) in [5, 5.41) is 9.96. The van der Waals surface area contributed by atoms with Gasteiger partial charge in [0.15, 0.2) is 5.82 Å². The summed E-state index contributed by atoms with van der Waals surface area (Å²) in [6.07, 6.45) is 6.72. The number of carbonyl (C=O) groups is 1. The smallest absolute Gasteiger partial charge is 0.274 e. The van der Waals surface area contributed by atoms with Crippen LogP contribution in [0.15, 0.2) is 33.9 Å². The van der Waals surface area contributed by atoms with Gasteiger partial charge in [0.1, 0.15) is 11.5 Å². The van der Waals surface area contributed by atoms with Crippen molar-refractivity contribution >= 4 is 11.6 Å². The summed E-state index contributed by atoms with van der Waals surface area (Å²) in [5.74, 6) is 1.16. The molecule has 0 unspecified atom stereocenters. The quantitative estimate of drug-likeness (QED) is 0.836. The Morgan fingerprint density at radius 2 is 1.88 bits per heavy atom. The van der Waals surface area contributed by atoms with Gasteiger partial charge in [0, 0.05) is 18.8 Å². The average molecular weight is 356 g/mol. The fourth-order valence-electron chi connectivity index (χ4n) is 3.52. The van der Waals surface area contributed by atoms with Crippen molar-refractivity contribution in [1.82, 2.24) is 15.1 Å². The number of halogens is 1. The van der Waals surface area contributed by atoms with E-state index in [0.717, 1.165) is 24.2 Å². The van der Waals surface area contributed by atoms with E-state index in [1.807, 2.05) is 0 Å². The van der Waals surface area contributed by atoms with Crippen LogP contribution in [0.2, 0.25) is 0 Å². The van der Waals surface area contributed by atoms with Gasteiger partial charge in [-0.1, -0.05) is 36.6 Å². The van der Waals surface area contributed by atoms with Crippen LogP contribution in [0.25, 0.3) is 0 Å². The van der Waals surface area contributed by atoms with Gasteiger partial charge < -0.3 is 4.52 Å². The van der Waals surface area contributed by atoms with E-state index < -0.39 is 0 Å². The third-order valence-electron chi connectivity index (χ3n) is 5.01. The lowest BCUT2D eigenvalue weighted by molar-refractivity contribution is -0.132. The van der Waals surface area contributed by atoms with Crippen molar-refractivity contribution in [2.24, 2.45) is 5.10 Å². The fourth-order valence-corrected chi connectivity index (χ4v) is 3.52. The van der Waals surface area contributed by atoms with Gasteiger partial charge in [-0.3, -0.25) is 4.79 Å². The van der Waals surface area contributed by atoms with E-state index in [4.69, 9.17) is 4.52 Å². The minimum absolute atomic E-state index is 0.0647. The van der Waals surface area contributed by atoms with Crippen LogP contribution >= 0.6 is 0 Å². The molecule has 1 aromatic heterocycles. The molecule has 2 aromatic rings. The standard InChI is InChI=1S/C19H21FN4O2/c20-15-8-6-13(7-9-15)12-24-17(25)11-10-16(22-24)19-21-18(23-26-19)14-4-2-1-3-5-14/h6-9,14H,1-5,10-12H2. The van der Waals surface area contributed by atoms with Crippen LogP contribution in [0, 0.1) is 5.82 Å². The summed E-state index contributed by atoms with van der Waals surface area (Å²) in [6, 6.07) is 6.06. The van der Waals surface area contributed by atoms with Gasteiger partial charge in [-0.05, 0) is 30.5 Å². The molecule has 0 radical (unpaired) electrons. The normalized spacial score (nSPS) is 18.9. The maximum absolute atomic E-state index is 13.0. The maximum atomic E-state index is 13.0. The van der Waals surface area contributed by atoms with E-state index >= 15 is 0 Å². The molecule has 0 bridgehead atoms. The predicted molar refractivity (Wildman–Crippen MR) is 92.8 cm³/mol. The number of hydrogen-bond donors (Lipinski definition) is 0. The summed E-state index contributed by atoms with van der Waals surface area (Å²) >= 11 is 0. The zero-order valence-corrected chi connectivity index (χ0v) is 14.5. The van der Waals surface area contributed by atoms with Crippen LogP contribution < -0.4 is 0 Å². The average Bonchev–Trinajstić information content (AvgIpc) is 3.16. The highest BCUT2D eigenvalue weighted by Crippen LogP contribution is 2.31. The van der Waals surface area contributed by atoms with Gasteiger partial charge in [0.2, 0.25) is 5.91 Å². The van der Waals surface area contributed by atoms with Gasteiger partial charge in [0.05, 0.1) is 6.54 Å². The molecule has 6 nitrogen and oxygen atoms in total. The van der Waals surface area contributed by atoms with Gasteiger partial charge in [0.25, 0.3) is 5.89 Å². The highest BCUT2D eigenvalue weighted by atomic mass is 19.1. The van der Waals surface area contributed by atoms with Crippen LogP contribution in [-0.4, -0.2) is 26.8 Å². The largest absolute Gasteiger partial charge is 0.333 e. The molecule has 0 spiro atoms. The van der Waals surface area contributed by atoms with Gasteiger partial charge in [-0.2, -0.15) is 10.1 Å². The fraction of sp³-hybridized carbons (Fsp3) is 0.474. The van der Waals surface area contributed by atoms with Crippen LogP contribution in [-0.2, 0) is 11.3 Å². The lowest BCUT2D eigenvalue weighted by Crippen LogP contribution is -2.31. The zero-order chi connectivity index (χ0) is 17.9. The Labute approximate surface area is 151 Å². The van der Waals surface area contributed by atoms with Crippen LogP contribution in [0.5, 0.6) is 0 Å². The molecular formula is C19H21FN4O2. The predicted octanol–water partition coefficient (Wildman–Crippen LogP) is 3.78. The number of amides is 1.